The van der Waals surface area contributed by atoms with Gasteiger partial charge in [-0.15, -0.1) is 11.3 Å². The molecule has 1 aliphatic carbocycles. The van der Waals surface area contributed by atoms with Crippen molar-refractivity contribution in [3.63, 3.8) is 0 Å². The predicted octanol–water partition coefficient (Wildman–Crippen LogP) is 2.96. The lowest BCUT2D eigenvalue weighted by Crippen LogP contribution is -2.16. The fourth-order valence-electron chi connectivity index (χ4n) is 1.70. The molecule has 0 aliphatic heterocycles. The number of nitrogens with one attached hydrogen (secondary N) is 1. The molecular formula is C12H14N2OS. The summed E-state index contributed by atoms with van der Waals surface area (Å²) in [6.07, 6.45) is 2.60. The molecule has 0 unspecified atom stereocenters. The highest BCUT2D eigenvalue weighted by Gasteiger charge is 2.22. The Labute approximate surface area is 98.5 Å². The lowest BCUT2D eigenvalue weighted by Gasteiger charge is -1.98. The summed E-state index contributed by atoms with van der Waals surface area (Å²) in [4.78, 5) is 1.16. The van der Waals surface area contributed by atoms with E-state index in [2.05, 4.69) is 28.8 Å². The van der Waals surface area contributed by atoms with Gasteiger partial charge in [0.25, 0.3) is 0 Å². The van der Waals surface area contributed by atoms with E-state index in [1.165, 1.54) is 12.8 Å². The van der Waals surface area contributed by atoms with Crippen molar-refractivity contribution in [3.8, 4) is 10.6 Å². The first-order valence-electron chi connectivity index (χ1n) is 5.57. The zero-order valence-electron chi connectivity index (χ0n) is 9.19. The van der Waals surface area contributed by atoms with E-state index < -0.39 is 0 Å². The van der Waals surface area contributed by atoms with Gasteiger partial charge in [-0.25, -0.2) is 0 Å². The number of nitrogens with zero attached hydrogens (tertiary/aromatic N) is 1. The zero-order valence-corrected chi connectivity index (χ0v) is 10.0. The molecule has 0 saturated heterocycles. The summed E-state index contributed by atoms with van der Waals surface area (Å²) in [6.45, 7) is 2.90. The molecule has 4 heteroatoms. The third kappa shape index (κ3) is 1.90. The summed E-state index contributed by atoms with van der Waals surface area (Å²) >= 11 is 1.69. The summed E-state index contributed by atoms with van der Waals surface area (Å²) in [5.74, 6) is 0.919. The second-order valence-electron chi connectivity index (χ2n) is 4.22. The van der Waals surface area contributed by atoms with Crippen LogP contribution >= 0.6 is 11.3 Å². The summed E-state index contributed by atoms with van der Waals surface area (Å²) in [6, 6.07) is 4.81. The summed E-state index contributed by atoms with van der Waals surface area (Å²) in [7, 11) is 0. The van der Waals surface area contributed by atoms with Crippen LogP contribution in [0.25, 0.3) is 10.6 Å². The second kappa shape index (κ2) is 4.03. The van der Waals surface area contributed by atoms with E-state index in [4.69, 9.17) is 4.52 Å². The quantitative estimate of drug-likeness (QED) is 0.883. The number of hydrogen-bond acceptors (Lipinski definition) is 4. The van der Waals surface area contributed by atoms with Crippen molar-refractivity contribution in [2.24, 2.45) is 0 Å². The molecule has 3 rings (SSSR count). The molecule has 0 bridgehead atoms. The summed E-state index contributed by atoms with van der Waals surface area (Å²) in [5, 5.41) is 9.65. The van der Waals surface area contributed by atoms with Crippen LogP contribution in [0.15, 0.2) is 22.0 Å². The maximum atomic E-state index is 5.41. The van der Waals surface area contributed by atoms with Crippen molar-refractivity contribution in [1.82, 2.24) is 10.5 Å². The Morgan fingerprint density at radius 2 is 2.44 bits per heavy atom. The molecule has 3 nitrogen and oxygen atoms in total. The highest BCUT2D eigenvalue weighted by molar-refractivity contribution is 7.13. The monoisotopic (exact) mass is 234 g/mol. The highest BCUT2D eigenvalue weighted by atomic mass is 32.1. The molecule has 16 heavy (non-hydrogen) atoms. The van der Waals surface area contributed by atoms with E-state index >= 15 is 0 Å². The Bertz CT molecular complexity index is 471. The van der Waals surface area contributed by atoms with E-state index in [1.807, 2.05) is 6.07 Å². The largest absolute Gasteiger partial charge is 0.355 e. The summed E-state index contributed by atoms with van der Waals surface area (Å²) < 4.78 is 5.41. The highest BCUT2D eigenvalue weighted by Crippen LogP contribution is 2.29. The Morgan fingerprint density at radius 3 is 3.12 bits per heavy atom. The Morgan fingerprint density at radius 1 is 1.56 bits per heavy atom. The van der Waals surface area contributed by atoms with Gasteiger partial charge in [-0.2, -0.15) is 0 Å². The molecule has 84 valence electrons. The molecule has 0 aromatic carbocycles. The van der Waals surface area contributed by atoms with Crippen molar-refractivity contribution in [2.45, 2.75) is 32.4 Å². The van der Waals surface area contributed by atoms with Gasteiger partial charge in [0.05, 0.1) is 4.88 Å². The maximum Gasteiger partial charge on any atom is 0.179 e. The van der Waals surface area contributed by atoms with Gasteiger partial charge in [0, 0.05) is 18.2 Å². The molecule has 1 N–H and O–H groups in total. The van der Waals surface area contributed by atoms with E-state index in [-0.39, 0.29) is 0 Å². The van der Waals surface area contributed by atoms with Crippen LogP contribution in [0.1, 0.15) is 24.1 Å². The van der Waals surface area contributed by atoms with Crippen molar-refractivity contribution >= 4 is 11.3 Å². The molecule has 0 amide bonds. The van der Waals surface area contributed by atoms with Gasteiger partial charge >= 0.3 is 0 Å². The van der Waals surface area contributed by atoms with Gasteiger partial charge < -0.3 is 9.84 Å². The molecule has 2 aromatic rings. The van der Waals surface area contributed by atoms with Crippen LogP contribution in [0.4, 0.5) is 0 Å². The van der Waals surface area contributed by atoms with Gasteiger partial charge in [-0.3, -0.25) is 0 Å². The van der Waals surface area contributed by atoms with Crippen LogP contribution in [-0.2, 0) is 6.54 Å². The van der Waals surface area contributed by atoms with Crippen LogP contribution in [0.3, 0.4) is 0 Å². The first kappa shape index (κ1) is 10.1. The van der Waals surface area contributed by atoms with Gasteiger partial charge in [-0.1, -0.05) is 11.2 Å². The third-order valence-corrected chi connectivity index (χ3v) is 3.77. The SMILES string of the molecule is Cc1c(CNC2CC2)noc1-c1cccs1. The van der Waals surface area contributed by atoms with E-state index in [0.717, 1.165) is 28.4 Å². The van der Waals surface area contributed by atoms with Crippen LogP contribution in [0, 0.1) is 6.92 Å². The molecule has 1 aliphatic rings. The molecule has 1 saturated carbocycles. The average molecular weight is 234 g/mol. The standard InChI is InChI=1S/C12H14N2OS/c1-8-10(7-13-9-4-5-9)14-15-12(8)11-3-2-6-16-11/h2-3,6,9,13H,4-5,7H2,1H3. The van der Waals surface area contributed by atoms with E-state index in [9.17, 15) is 0 Å². The molecule has 0 radical (unpaired) electrons. The third-order valence-electron chi connectivity index (χ3n) is 2.90. The lowest BCUT2D eigenvalue weighted by atomic mass is 10.2. The predicted molar refractivity (Wildman–Crippen MR) is 64.4 cm³/mol. The molecule has 2 aromatic heterocycles. The molecular weight excluding hydrogens is 220 g/mol. The summed E-state index contributed by atoms with van der Waals surface area (Å²) in [5.41, 5.74) is 2.20. The van der Waals surface area contributed by atoms with Gasteiger partial charge in [-0.05, 0) is 31.2 Å². The Hall–Kier alpha value is -1.13. The van der Waals surface area contributed by atoms with Crippen LogP contribution in [0.2, 0.25) is 0 Å². The Balaban J connectivity index is 1.79. The molecule has 1 fully saturated rings. The van der Waals surface area contributed by atoms with Gasteiger partial charge in [0.2, 0.25) is 0 Å². The first-order chi connectivity index (χ1) is 7.84. The normalized spacial score (nSPS) is 15.6. The fourth-order valence-corrected chi connectivity index (χ4v) is 2.46. The topological polar surface area (TPSA) is 38.1 Å². The first-order valence-corrected chi connectivity index (χ1v) is 6.45. The van der Waals surface area contributed by atoms with Crippen LogP contribution < -0.4 is 5.32 Å². The number of thiophene rings is 1. The van der Waals surface area contributed by atoms with Gasteiger partial charge in [0.1, 0.15) is 5.69 Å². The van der Waals surface area contributed by atoms with Crippen molar-refractivity contribution in [1.29, 1.82) is 0 Å². The fraction of sp³-hybridized carbons (Fsp3) is 0.417. The van der Waals surface area contributed by atoms with Gasteiger partial charge in [0.15, 0.2) is 5.76 Å². The lowest BCUT2D eigenvalue weighted by molar-refractivity contribution is 0.420. The van der Waals surface area contributed by atoms with E-state index in [1.54, 1.807) is 11.3 Å². The average Bonchev–Trinajstić information content (AvgIpc) is 2.82. The van der Waals surface area contributed by atoms with E-state index in [0.29, 0.717) is 6.04 Å². The van der Waals surface area contributed by atoms with Crippen molar-refractivity contribution in [3.05, 3.63) is 28.8 Å². The number of hydrogen-bond donors (Lipinski definition) is 1. The minimum atomic E-state index is 0.710. The van der Waals surface area contributed by atoms with Crippen molar-refractivity contribution < 1.29 is 4.52 Å². The minimum absolute atomic E-state index is 0.710. The zero-order chi connectivity index (χ0) is 11.0. The molecule has 0 atom stereocenters. The van der Waals surface area contributed by atoms with Crippen LogP contribution in [0.5, 0.6) is 0 Å². The minimum Gasteiger partial charge on any atom is -0.355 e. The number of rotatable bonds is 4. The van der Waals surface area contributed by atoms with Crippen LogP contribution in [-0.4, -0.2) is 11.2 Å². The molecule has 2 heterocycles. The second-order valence-corrected chi connectivity index (χ2v) is 5.16. The molecule has 0 spiro atoms. The van der Waals surface area contributed by atoms with Crippen molar-refractivity contribution in [2.75, 3.05) is 0 Å². The number of aromatic nitrogens is 1. The maximum absolute atomic E-state index is 5.41. The smallest absolute Gasteiger partial charge is 0.179 e. The Kier molecular flexibility index (Phi) is 2.53.